The second kappa shape index (κ2) is 13.3. The summed E-state index contributed by atoms with van der Waals surface area (Å²) in [6.07, 6.45) is 0.323. The van der Waals surface area contributed by atoms with E-state index in [1.807, 2.05) is 0 Å². The summed E-state index contributed by atoms with van der Waals surface area (Å²) in [5, 5.41) is 5.79. The van der Waals surface area contributed by atoms with E-state index in [0.29, 0.717) is 34.8 Å². The van der Waals surface area contributed by atoms with Gasteiger partial charge < -0.3 is 29.7 Å². The lowest BCUT2D eigenvalue weighted by Crippen LogP contribution is -2.21. The maximum atomic E-state index is 12.8. The molecule has 226 valence electrons. The maximum Gasteiger partial charge on any atom is 0.416 e. The van der Waals surface area contributed by atoms with Gasteiger partial charge in [0.25, 0.3) is 0 Å². The summed E-state index contributed by atoms with van der Waals surface area (Å²) < 4.78 is 55.9. The molecule has 0 atom stereocenters. The molecule has 3 aromatic carbocycles. The average molecular weight is 616 g/mol. The highest BCUT2D eigenvalue weighted by molar-refractivity contribution is 6.34. The summed E-state index contributed by atoms with van der Waals surface area (Å²) in [5.41, 5.74) is 0.233. The Morgan fingerprint density at radius 2 is 1.77 bits per heavy atom. The van der Waals surface area contributed by atoms with Gasteiger partial charge in [0.15, 0.2) is 11.5 Å². The van der Waals surface area contributed by atoms with Crippen LogP contribution in [0.1, 0.15) is 24.8 Å². The third-order valence-corrected chi connectivity index (χ3v) is 7.15. The number of carbonyl (C=O) groups is 1. The van der Waals surface area contributed by atoms with E-state index in [9.17, 15) is 18.0 Å². The highest BCUT2D eigenvalue weighted by Crippen LogP contribution is 2.37. The second-order valence-corrected chi connectivity index (χ2v) is 10.3. The molecular weight excluding hydrogens is 587 g/mol. The van der Waals surface area contributed by atoms with Crippen molar-refractivity contribution >= 4 is 39.9 Å². The first-order chi connectivity index (χ1) is 20.7. The van der Waals surface area contributed by atoms with E-state index in [2.05, 4.69) is 25.5 Å². The molecule has 0 radical (unpaired) electrons. The first-order valence-corrected chi connectivity index (χ1v) is 14.0. The first kappa shape index (κ1) is 30.2. The minimum absolute atomic E-state index is 0.167. The predicted octanol–water partition coefficient (Wildman–Crippen LogP) is 7.61. The molecule has 2 amide bonds. The van der Waals surface area contributed by atoms with Crippen LogP contribution in [0.2, 0.25) is 5.02 Å². The molecule has 0 bridgehead atoms. The van der Waals surface area contributed by atoms with Crippen molar-refractivity contribution in [3.05, 3.63) is 71.5 Å². The zero-order valence-electron chi connectivity index (χ0n) is 23.2. The maximum absolute atomic E-state index is 12.8. The van der Waals surface area contributed by atoms with E-state index in [0.717, 1.165) is 50.3 Å². The van der Waals surface area contributed by atoms with Crippen molar-refractivity contribution in [3.63, 3.8) is 0 Å². The van der Waals surface area contributed by atoms with Crippen molar-refractivity contribution in [1.82, 2.24) is 14.9 Å². The molecule has 0 spiro atoms. The van der Waals surface area contributed by atoms with Gasteiger partial charge in [-0.2, -0.15) is 13.2 Å². The summed E-state index contributed by atoms with van der Waals surface area (Å²) in [7, 11) is 1.56. The number of methoxy groups -OCH3 is 1. The van der Waals surface area contributed by atoms with Crippen LogP contribution in [0.4, 0.5) is 29.3 Å². The molecule has 1 fully saturated rings. The van der Waals surface area contributed by atoms with E-state index in [1.165, 1.54) is 31.3 Å². The van der Waals surface area contributed by atoms with Gasteiger partial charge in [0, 0.05) is 24.4 Å². The van der Waals surface area contributed by atoms with Crippen LogP contribution in [0, 0.1) is 0 Å². The largest absolute Gasteiger partial charge is 0.493 e. The zero-order valence-corrected chi connectivity index (χ0v) is 24.0. The Kier molecular flexibility index (Phi) is 9.37. The van der Waals surface area contributed by atoms with Gasteiger partial charge in [-0.15, -0.1) is 0 Å². The van der Waals surface area contributed by atoms with Crippen LogP contribution < -0.4 is 24.8 Å². The van der Waals surface area contributed by atoms with Crippen LogP contribution in [0.3, 0.4) is 0 Å². The smallest absolute Gasteiger partial charge is 0.416 e. The van der Waals surface area contributed by atoms with Crippen LogP contribution in [0.5, 0.6) is 23.1 Å². The number of carbonyl (C=O) groups excluding carboxylic acids is 1. The number of likely N-dealkylation sites (tertiary alicyclic amines) is 1. The first-order valence-electron chi connectivity index (χ1n) is 13.6. The lowest BCUT2D eigenvalue weighted by Gasteiger charge is -2.16. The van der Waals surface area contributed by atoms with Crippen molar-refractivity contribution < 1.29 is 32.2 Å². The molecule has 1 aromatic heterocycles. The molecule has 2 N–H and O–H groups in total. The van der Waals surface area contributed by atoms with Crippen LogP contribution in [-0.4, -0.2) is 54.2 Å². The van der Waals surface area contributed by atoms with E-state index in [1.54, 1.807) is 25.3 Å². The van der Waals surface area contributed by atoms with Crippen molar-refractivity contribution in [2.75, 3.05) is 44.0 Å². The molecule has 5 rings (SSSR count). The molecule has 1 aliphatic rings. The van der Waals surface area contributed by atoms with Crippen LogP contribution in [-0.2, 0) is 6.18 Å². The number of aromatic nitrogens is 2. The fourth-order valence-electron chi connectivity index (χ4n) is 4.67. The number of urea groups is 1. The number of alkyl halides is 3. The Bertz CT molecular complexity index is 1580. The molecule has 1 aliphatic heterocycles. The second-order valence-electron chi connectivity index (χ2n) is 9.85. The zero-order chi connectivity index (χ0) is 30.4. The number of benzene rings is 3. The van der Waals surface area contributed by atoms with E-state index < -0.39 is 17.8 Å². The van der Waals surface area contributed by atoms with E-state index in [-0.39, 0.29) is 22.3 Å². The molecule has 1 saturated heterocycles. The average Bonchev–Trinajstić information content (AvgIpc) is 3.50. The van der Waals surface area contributed by atoms with Gasteiger partial charge in [0.05, 0.1) is 40.9 Å². The minimum atomic E-state index is -4.47. The summed E-state index contributed by atoms with van der Waals surface area (Å²) in [6.45, 7) is 3.83. The number of amides is 2. The molecule has 2 heterocycles. The number of halogens is 4. The van der Waals surface area contributed by atoms with E-state index in [4.69, 9.17) is 25.8 Å². The molecule has 43 heavy (non-hydrogen) atoms. The Morgan fingerprint density at radius 3 is 2.47 bits per heavy atom. The monoisotopic (exact) mass is 615 g/mol. The molecular formula is C30H29ClF3N5O4. The van der Waals surface area contributed by atoms with Gasteiger partial charge in [0.1, 0.15) is 12.1 Å². The number of hydrogen-bond donors (Lipinski definition) is 2. The van der Waals surface area contributed by atoms with E-state index >= 15 is 0 Å². The van der Waals surface area contributed by atoms with Crippen LogP contribution in [0.25, 0.3) is 10.9 Å². The van der Waals surface area contributed by atoms with Crippen molar-refractivity contribution in [2.24, 2.45) is 0 Å². The summed E-state index contributed by atoms with van der Waals surface area (Å²) in [5.74, 6) is 1.71. The van der Waals surface area contributed by atoms with Gasteiger partial charge in [-0.3, -0.25) is 0 Å². The van der Waals surface area contributed by atoms with Crippen molar-refractivity contribution in [1.29, 1.82) is 0 Å². The molecule has 0 saturated carbocycles. The highest BCUT2D eigenvalue weighted by Gasteiger charge is 2.30. The van der Waals surface area contributed by atoms with Gasteiger partial charge in [-0.1, -0.05) is 11.6 Å². The molecule has 13 heteroatoms. The summed E-state index contributed by atoms with van der Waals surface area (Å²) in [6, 6.07) is 11.6. The Labute approximate surface area is 250 Å². The lowest BCUT2D eigenvalue weighted by molar-refractivity contribution is -0.137. The fraction of sp³-hybridized carbons (Fsp3) is 0.300. The van der Waals surface area contributed by atoms with Crippen LogP contribution >= 0.6 is 11.6 Å². The third kappa shape index (κ3) is 7.76. The third-order valence-electron chi connectivity index (χ3n) is 6.83. The standard InChI is InChI=1S/C30H29ClF3N5O4/c1-41-26-16-22-25(17-27(26)42-14-4-13-39-11-2-3-12-39)35-18-36-28(22)43-21-9-10-24(23(31)15-21)38-29(40)37-20-7-5-19(6-8-20)30(32,33)34/h5-10,15-18H,2-4,11-14H2,1H3,(H2,37,38,40). The number of nitrogens with one attached hydrogen (secondary N) is 2. The quantitative estimate of drug-likeness (QED) is 0.177. The molecule has 4 aromatic rings. The Hall–Kier alpha value is -4.29. The number of hydrogen-bond acceptors (Lipinski definition) is 7. The molecule has 0 unspecified atom stereocenters. The topological polar surface area (TPSA) is 97.8 Å². The van der Waals surface area contributed by atoms with Gasteiger partial charge in [-0.05, 0) is 74.8 Å². The van der Waals surface area contributed by atoms with Gasteiger partial charge in [0.2, 0.25) is 5.88 Å². The number of nitrogens with zero attached hydrogens (tertiary/aromatic N) is 3. The van der Waals surface area contributed by atoms with Crippen molar-refractivity contribution in [3.8, 4) is 23.1 Å². The van der Waals surface area contributed by atoms with Gasteiger partial charge in [-0.25, -0.2) is 14.8 Å². The Balaban J connectivity index is 1.23. The molecule has 9 nitrogen and oxygen atoms in total. The highest BCUT2D eigenvalue weighted by atomic mass is 35.5. The van der Waals surface area contributed by atoms with Crippen LogP contribution in [0.15, 0.2) is 60.9 Å². The summed E-state index contributed by atoms with van der Waals surface area (Å²) >= 11 is 6.38. The van der Waals surface area contributed by atoms with Crippen molar-refractivity contribution in [2.45, 2.75) is 25.4 Å². The fourth-order valence-corrected chi connectivity index (χ4v) is 4.89. The number of rotatable bonds is 10. The lowest BCUT2D eigenvalue weighted by atomic mass is 10.2. The normalized spacial score (nSPS) is 13.6. The SMILES string of the molecule is COc1cc2c(Oc3ccc(NC(=O)Nc4ccc(C(F)(F)F)cc4)c(Cl)c3)ncnc2cc1OCCCN1CCCC1. The van der Waals surface area contributed by atoms with Gasteiger partial charge >= 0.3 is 12.2 Å². The number of fused-ring (bicyclic) bond motifs is 1. The number of anilines is 2. The Morgan fingerprint density at radius 1 is 1.00 bits per heavy atom. The molecule has 0 aliphatic carbocycles. The minimum Gasteiger partial charge on any atom is -0.493 e. The predicted molar refractivity (Wildman–Crippen MR) is 157 cm³/mol. The number of ether oxygens (including phenoxy) is 3. The summed E-state index contributed by atoms with van der Waals surface area (Å²) in [4.78, 5) is 23.5.